The summed E-state index contributed by atoms with van der Waals surface area (Å²) in [6, 6.07) is 11.8. The Morgan fingerprint density at radius 2 is 1.89 bits per heavy atom. The van der Waals surface area contributed by atoms with Crippen LogP contribution in [0.25, 0.3) is 11.4 Å². The Morgan fingerprint density at radius 1 is 1.15 bits per heavy atom. The topological polar surface area (TPSA) is 72.7 Å². The molecule has 1 aromatic carbocycles. The van der Waals surface area contributed by atoms with Crippen LogP contribution in [0.1, 0.15) is 26.3 Å². The number of carbonyl (C=O) groups is 1. The van der Waals surface area contributed by atoms with Gasteiger partial charge >= 0.3 is 0 Å². The molecule has 0 fully saturated rings. The lowest BCUT2D eigenvalue weighted by Gasteiger charge is -2.19. The number of anilines is 1. The zero-order chi connectivity index (χ0) is 19.4. The summed E-state index contributed by atoms with van der Waals surface area (Å²) in [5, 5.41) is 12.0. The van der Waals surface area contributed by atoms with E-state index < -0.39 is 0 Å². The first-order valence-electron chi connectivity index (χ1n) is 8.67. The Kier molecular flexibility index (Phi) is 5.60. The number of benzene rings is 1. The molecule has 3 aromatic rings. The number of thioether (sulfide) groups is 1. The van der Waals surface area contributed by atoms with E-state index in [0.717, 1.165) is 17.1 Å². The maximum atomic E-state index is 12.3. The summed E-state index contributed by atoms with van der Waals surface area (Å²) in [6.07, 6.45) is 3.46. The maximum absolute atomic E-state index is 12.3. The Balaban J connectivity index is 1.59. The summed E-state index contributed by atoms with van der Waals surface area (Å²) in [4.78, 5) is 16.4. The Labute approximate surface area is 163 Å². The first kappa shape index (κ1) is 19.1. The van der Waals surface area contributed by atoms with Crippen LogP contribution in [-0.4, -0.2) is 31.4 Å². The van der Waals surface area contributed by atoms with Gasteiger partial charge in [-0.15, -0.1) is 10.2 Å². The first-order chi connectivity index (χ1) is 12.8. The van der Waals surface area contributed by atoms with Crippen molar-refractivity contribution < 1.29 is 4.79 Å². The Morgan fingerprint density at radius 3 is 2.52 bits per heavy atom. The number of carbonyl (C=O) groups excluding carboxylic acids is 1. The highest BCUT2D eigenvalue weighted by molar-refractivity contribution is 7.99. The van der Waals surface area contributed by atoms with Crippen molar-refractivity contribution in [3.05, 3.63) is 54.4 Å². The molecule has 0 spiro atoms. The number of aromatic nitrogens is 4. The molecule has 6 nitrogen and oxygen atoms in total. The highest BCUT2D eigenvalue weighted by Gasteiger charge is 2.15. The van der Waals surface area contributed by atoms with Crippen molar-refractivity contribution in [3.8, 4) is 11.4 Å². The van der Waals surface area contributed by atoms with Gasteiger partial charge in [-0.05, 0) is 35.2 Å². The smallest absolute Gasteiger partial charge is 0.234 e. The van der Waals surface area contributed by atoms with Crippen LogP contribution in [0, 0.1) is 0 Å². The summed E-state index contributed by atoms with van der Waals surface area (Å²) >= 11 is 1.35. The molecule has 27 heavy (non-hydrogen) atoms. The fourth-order valence-electron chi connectivity index (χ4n) is 2.57. The largest absolute Gasteiger partial charge is 0.325 e. The van der Waals surface area contributed by atoms with Crippen molar-refractivity contribution in [2.75, 3.05) is 11.1 Å². The van der Waals surface area contributed by atoms with E-state index in [1.165, 1.54) is 17.3 Å². The first-order valence-corrected chi connectivity index (χ1v) is 9.66. The van der Waals surface area contributed by atoms with Gasteiger partial charge in [0.1, 0.15) is 0 Å². The lowest BCUT2D eigenvalue weighted by molar-refractivity contribution is -0.113. The molecular weight excluding hydrogens is 358 g/mol. The lowest BCUT2D eigenvalue weighted by Crippen LogP contribution is -2.15. The van der Waals surface area contributed by atoms with Crippen molar-refractivity contribution >= 4 is 23.4 Å². The zero-order valence-electron chi connectivity index (χ0n) is 15.9. The molecule has 0 unspecified atom stereocenters. The van der Waals surface area contributed by atoms with Gasteiger partial charge in [0.2, 0.25) is 5.91 Å². The van der Waals surface area contributed by atoms with E-state index >= 15 is 0 Å². The molecule has 1 amide bonds. The third-order valence-electron chi connectivity index (χ3n) is 4.12. The number of amides is 1. The predicted molar refractivity (Wildman–Crippen MR) is 109 cm³/mol. The highest BCUT2D eigenvalue weighted by Crippen LogP contribution is 2.24. The average Bonchev–Trinajstić information content (AvgIpc) is 3.01. The number of pyridine rings is 1. The van der Waals surface area contributed by atoms with Gasteiger partial charge in [-0.2, -0.15) is 0 Å². The molecule has 0 aliphatic heterocycles. The number of rotatable bonds is 5. The zero-order valence-corrected chi connectivity index (χ0v) is 16.7. The highest BCUT2D eigenvalue weighted by atomic mass is 32.2. The molecule has 0 aliphatic rings. The van der Waals surface area contributed by atoms with Gasteiger partial charge in [-0.3, -0.25) is 9.78 Å². The molecule has 0 saturated heterocycles. The van der Waals surface area contributed by atoms with Crippen LogP contribution < -0.4 is 5.32 Å². The molecule has 3 rings (SSSR count). The molecule has 0 radical (unpaired) electrons. The van der Waals surface area contributed by atoms with Gasteiger partial charge in [0, 0.05) is 30.7 Å². The maximum Gasteiger partial charge on any atom is 0.234 e. The number of nitrogens with one attached hydrogen (secondary N) is 1. The summed E-state index contributed by atoms with van der Waals surface area (Å²) in [5.41, 5.74) is 3.01. The summed E-state index contributed by atoms with van der Waals surface area (Å²) < 4.78 is 1.87. The van der Waals surface area contributed by atoms with E-state index in [4.69, 9.17) is 0 Å². The molecule has 2 aromatic heterocycles. The van der Waals surface area contributed by atoms with E-state index in [9.17, 15) is 4.79 Å². The second-order valence-electron chi connectivity index (χ2n) is 7.27. The number of hydrogen-bond donors (Lipinski definition) is 1. The van der Waals surface area contributed by atoms with Crippen LogP contribution in [0.5, 0.6) is 0 Å². The normalized spacial score (nSPS) is 11.4. The van der Waals surface area contributed by atoms with Gasteiger partial charge < -0.3 is 9.88 Å². The molecule has 0 bridgehead atoms. The second kappa shape index (κ2) is 7.92. The Bertz CT molecular complexity index is 914. The fourth-order valence-corrected chi connectivity index (χ4v) is 3.28. The minimum atomic E-state index is -0.0746. The quantitative estimate of drug-likeness (QED) is 0.679. The standard InChI is InChI=1S/C20H23N5OS/c1-20(2,3)15-7-9-16(10-8-15)22-17(26)13-27-19-24-23-18(25(19)4)14-6-5-11-21-12-14/h5-12H,13H2,1-4H3,(H,22,26). The van der Waals surface area contributed by atoms with E-state index in [0.29, 0.717) is 5.16 Å². The minimum absolute atomic E-state index is 0.0746. The average molecular weight is 382 g/mol. The van der Waals surface area contributed by atoms with E-state index in [-0.39, 0.29) is 17.1 Å². The van der Waals surface area contributed by atoms with Gasteiger partial charge in [0.25, 0.3) is 0 Å². The molecule has 1 N–H and O–H groups in total. The molecule has 7 heteroatoms. The summed E-state index contributed by atoms with van der Waals surface area (Å²) in [6.45, 7) is 6.49. The van der Waals surface area contributed by atoms with Crippen molar-refractivity contribution in [1.29, 1.82) is 0 Å². The lowest BCUT2D eigenvalue weighted by atomic mass is 9.87. The van der Waals surface area contributed by atoms with Gasteiger partial charge in [-0.25, -0.2) is 0 Å². The van der Waals surface area contributed by atoms with Gasteiger partial charge in [0.15, 0.2) is 11.0 Å². The SMILES string of the molecule is Cn1c(SCC(=O)Nc2ccc(C(C)(C)C)cc2)nnc1-c1cccnc1. The molecular formula is C20H23N5OS. The molecule has 140 valence electrons. The molecule has 0 aliphatic carbocycles. The number of nitrogens with zero attached hydrogens (tertiary/aromatic N) is 4. The van der Waals surface area contributed by atoms with Crippen LogP contribution in [0.4, 0.5) is 5.69 Å². The van der Waals surface area contributed by atoms with Crippen LogP contribution in [0.15, 0.2) is 53.9 Å². The minimum Gasteiger partial charge on any atom is -0.325 e. The summed E-state index contributed by atoms with van der Waals surface area (Å²) in [5.74, 6) is 0.915. The third-order valence-corrected chi connectivity index (χ3v) is 5.14. The number of hydrogen-bond acceptors (Lipinski definition) is 5. The Hall–Kier alpha value is -2.67. The van der Waals surface area contributed by atoms with Gasteiger partial charge in [-0.1, -0.05) is 44.7 Å². The molecule has 0 saturated carbocycles. The van der Waals surface area contributed by atoms with E-state index in [2.05, 4.69) is 41.3 Å². The van der Waals surface area contributed by atoms with Crippen LogP contribution >= 0.6 is 11.8 Å². The van der Waals surface area contributed by atoms with Crippen molar-refractivity contribution in [2.45, 2.75) is 31.3 Å². The predicted octanol–water partition coefficient (Wildman–Crippen LogP) is 3.91. The van der Waals surface area contributed by atoms with E-state index in [1.54, 1.807) is 12.4 Å². The fraction of sp³-hybridized carbons (Fsp3) is 0.300. The summed E-state index contributed by atoms with van der Waals surface area (Å²) in [7, 11) is 1.88. The monoisotopic (exact) mass is 381 g/mol. The van der Waals surface area contributed by atoms with Crippen molar-refractivity contribution in [1.82, 2.24) is 19.7 Å². The van der Waals surface area contributed by atoms with E-state index in [1.807, 2.05) is 48.0 Å². The van der Waals surface area contributed by atoms with Crippen molar-refractivity contribution in [2.24, 2.45) is 7.05 Å². The van der Waals surface area contributed by atoms with Gasteiger partial charge in [0.05, 0.1) is 5.75 Å². The van der Waals surface area contributed by atoms with Crippen LogP contribution in [-0.2, 0) is 17.3 Å². The van der Waals surface area contributed by atoms with Crippen LogP contribution in [0.3, 0.4) is 0 Å². The van der Waals surface area contributed by atoms with Crippen LogP contribution in [0.2, 0.25) is 0 Å². The molecule has 0 atom stereocenters. The van der Waals surface area contributed by atoms with Crippen molar-refractivity contribution in [3.63, 3.8) is 0 Å². The second-order valence-corrected chi connectivity index (χ2v) is 8.21. The third kappa shape index (κ3) is 4.74. The molecule has 2 heterocycles.